The van der Waals surface area contributed by atoms with Gasteiger partial charge in [0.2, 0.25) is 11.3 Å². The number of rotatable bonds is 11. The normalized spacial score (nSPS) is 10.7. The minimum absolute atomic E-state index is 0.0378. The second-order valence-corrected chi connectivity index (χ2v) is 8.40. The molecule has 0 aliphatic rings. The Morgan fingerprint density at radius 3 is 1.92 bits per heavy atom. The van der Waals surface area contributed by atoms with Gasteiger partial charge in [-0.05, 0) is 87.5 Å². The molecule has 0 unspecified atom stereocenters. The van der Waals surface area contributed by atoms with E-state index in [1.165, 1.54) is 6.20 Å². The zero-order valence-electron chi connectivity index (χ0n) is 21.7. The summed E-state index contributed by atoms with van der Waals surface area (Å²) < 4.78 is 18.1. The van der Waals surface area contributed by atoms with Crippen LogP contribution in [0.1, 0.15) is 36.7 Å². The highest BCUT2D eigenvalue weighted by molar-refractivity contribution is 6.10. The lowest BCUT2D eigenvalue weighted by Crippen LogP contribution is -2.24. The van der Waals surface area contributed by atoms with Gasteiger partial charge in [0.1, 0.15) is 23.8 Å². The van der Waals surface area contributed by atoms with Crippen LogP contribution in [0.2, 0.25) is 0 Å². The van der Waals surface area contributed by atoms with Gasteiger partial charge in [-0.15, -0.1) is 0 Å². The van der Waals surface area contributed by atoms with Crippen molar-refractivity contribution < 1.29 is 23.8 Å². The summed E-state index contributed by atoms with van der Waals surface area (Å²) in [5, 5.41) is 3.15. The van der Waals surface area contributed by atoms with Gasteiger partial charge in [0, 0.05) is 17.4 Å². The molecule has 1 N–H and O–H groups in total. The number of fused-ring (bicyclic) bond motifs is 1. The number of hydrogen-bond donors (Lipinski definition) is 1. The maximum Gasteiger partial charge on any atom is 0.244 e. The van der Waals surface area contributed by atoms with Crippen molar-refractivity contribution in [2.24, 2.45) is 0 Å². The highest BCUT2D eigenvalue weighted by Crippen LogP contribution is 2.22. The van der Waals surface area contributed by atoms with E-state index in [2.05, 4.69) is 5.32 Å². The Morgan fingerprint density at radius 1 is 0.763 bits per heavy atom. The zero-order chi connectivity index (χ0) is 27.1. The molecular weight excluding hydrogens is 484 g/mol. The molecule has 0 bridgehead atoms. The van der Waals surface area contributed by atoms with Crippen LogP contribution in [0, 0.1) is 0 Å². The lowest BCUT2D eigenvalue weighted by molar-refractivity contribution is -0.116. The Labute approximate surface area is 220 Å². The van der Waals surface area contributed by atoms with Gasteiger partial charge in [0.05, 0.1) is 36.3 Å². The first-order chi connectivity index (χ1) is 18.4. The molecule has 8 nitrogen and oxygen atoms in total. The molecule has 0 spiro atoms. The topological polar surface area (TPSA) is 95.9 Å². The van der Waals surface area contributed by atoms with Gasteiger partial charge in [-0.25, -0.2) is 0 Å². The minimum Gasteiger partial charge on any atom is -0.494 e. The van der Waals surface area contributed by atoms with Gasteiger partial charge in [-0.3, -0.25) is 14.4 Å². The van der Waals surface area contributed by atoms with Crippen LogP contribution in [0.4, 0.5) is 5.69 Å². The van der Waals surface area contributed by atoms with Crippen molar-refractivity contribution in [1.29, 1.82) is 0 Å². The number of ketones is 1. The van der Waals surface area contributed by atoms with Gasteiger partial charge in [-0.1, -0.05) is 0 Å². The predicted molar refractivity (Wildman–Crippen MR) is 147 cm³/mol. The summed E-state index contributed by atoms with van der Waals surface area (Å²) in [7, 11) is 0. The van der Waals surface area contributed by atoms with Crippen molar-refractivity contribution >= 4 is 28.3 Å². The molecule has 1 aromatic heterocycles. The molecule has 0 aliphatic heterocycles. The second-order valence-electron chi connectivity index (χ2n) is 8.40. The van der Waals surface area contributed by atoms with Crippen LogP contribution in [-0.2, 0) is 11.3 Å². The summed E-state index contributed by atoms with van der Waals surface area (Å²) >= 11 is 0. The molecule has 4 aromatic rings. The number of hydrogen-bond acceptors (Lipinski definition) is 6. The van der Waals surface area contributed by atoms with Crippen LogP contribution >= 0.6 is 0 Å². The van der Waals surface area contributed by atoms with Crippen molar-refractivity contribution in [3.8, 4) is 17.2 Å². The molecule has 8 heteroatoms. The maximum absolute atomic E-state index is 13.5. The number of benzene rings is 3. The van der Waals surface area contributed by atoms with Crippen LogP contribution < -0.4 is 25.0 Å². The second kappa shape index (κ2) is 12.1. The fourth-order valence-electron chi connectivity index (χ4n) is 4.11. The lowest BCUT2D eigenvalue weighted by Gasteiger charge is -2.15. The SMILES string of the molecule is CCOc1ccc(NC(=O)Cn2cc(C(=O)c3ccc(OCC)cc3)c(=O)c3cc(OCC)ccc32)cc1. The quantitative estimate of drug-likeness (QED) is 0.281. The summed E-state index contributed by atoms with van der Waals surface area (Å²) in [6, 6.07) is 18.7. The Bertz CT molecular complexity index is 1490. The average Bonchev–Trinajstić information content (AvgIpc) is 2.92. The van der Waals surface area contributed by atoms with E-state index in [4.69, 9.17) is 14.2 Å². The number of nitrogens with zero attached hydrogens (tertiary/aromatic N) is 1. The molecule has 4 rings (SSSR count). The molecule has 0 saturated heterocycles. The Morgan fingerprint density at radius 2 is 1.32 bits per heavy atom. The third-order valence-electron chi connectivity index (χ3n) is 5.80. The van der Waals surface area contributed by atoms with E-state index in [9.17, 15) is 14.4 Å². The molecule has 3 aromatic carbocycles. The summed E-state index contributed by atoms with van der Waals surface area (Å²) in [6.45, 7) is 6.99. The van der Waals surface area contributed by atoms with Crippen LogP contribution in [-0.4, -0.2) is 36.1 Å². The lowest BCUT2D eigenvalue weighted by atomic mass is 10.0. The maximum atomic E-state index is 13.5. The third-order valence-corrected chi connectivity index (χ3v) is 5.80. The average molecular weight is 515 g/mol. The summed E-state index contributed by atoms with van der Waals surface area (Å²) in [6.07, 6.45) is 1.45. The van der Waals surface area contributed by atoms with Crippen molar-refractivity contribution in [3.05, 3.63) is 94.3 Å². The van der Waals surface area contributed by atoms with E-state index in [0.717, 1.165) is 0 Å². The van der Waals surface area contributed by atoms with E-state index in [0.29, 0.717) is 59.2 Å². The summed E-state index contributed by atoms with van der Waals surface area (Å²) in [4.78, 5) is 39.8. The summed E-state index contributed by atoms with van der Waals surface area (Å²) in [5.74, 6) is 1.09. The number of amides is 1. The molecule has 196 valence electrons. The van der Waals surface area contributed by atoms with E-state index in [1.807, 2.05) is 20.8 Å². The van der Waals surface area contributed by atoms with Gasteiger partial charge in [-0.2, -0.15) is 0 Å². The number of nitrogens with one attached hydrogen (secondary N) is 1. The third kappa shape index (κ3) is 6.03. The number of aromatic nitrogens is 1. The number of carbonyl (C=O) groups is 2. The van der Waals surface area contributed by atoms with Crippen molar-refractivity contribution in [1.82, 2.24) is 4.57 Å². The standard InChI is InChI=1S/C30H30N2O6/c1-4-36-22-11-7-20(8-12-22)29(34)26-18-32(27-16-15-24(38-6-3)17-25(27)30(26)35)19-28(33)31-21-9-13-23(14-10-21)37-5-2/h7-18H,4-6,19H2,1-3H3,(H,31,33). The monoisotopic (exact) mass is 514 g/mol. The first kappa shape index (κ1) is 26.5. The molecule has 0 radical (unpaired) electrons. The largest absolute Gasteiger partial charge is 0.494 e. The fourth-order valence-corrected chi connectivity index (χ4v) is 4.11. The smallest absolute Gasteiger partial charge is 0.244 e. The Kier molecular flexibility index (Phi) is 8.43. The minimum atomic E-state index is -0.442. The van der Waals surface area contributed by atoms with Crippen LogP contribution in [0.25, 0.3) is 10.9 Å². The predicted octanol–water partition coefficient (Wildman–Crippen LogP) is 5.07. The zero-order valence-corrected chi connectivity index (χ0v) is 21.7. The molecule has 1 amide bonds. The molecule has 0 saturated carbocycles. The number of anilines is 1. The van der Waals surface area contributed by atoms with Gasteiger partial charge < -0.3 is 24.1 Å². The van der Waals surface area contributed by atoms with E-state index < -0.39 is 11.2 Å². The highest BCUT2D eigenvalue weighted by atomic mass is 16.5. The van der Waals surface area contributed by atoms with Crippen molar-refractivity contribution in [2.75, 3.05) is 25.1 Å². The van der Waals surface area contributed by atoms with E-state index in [1.54, 1.807) is 71.3 Å². The van der Waals surface area contributed by atoms with Crippen LogP contribution in [0.5, 0.6) is 17.2 Å². The van der Waals surface area contributed by atoms with Gasteiger partial charge >= 0.3 is 0 Å². The highest BCUT2D eigenvalue weighted by Gasteiger charge is 2.19. The molecule has 0 atom stereocenters. The van der Waals surface area contributed by atoms with Crippen LogP contribution in [0.15, 0.2) is 77.7 Å². The fraction of sp³-hybridized carbons (Fsp3) is 0.233. The van der Waals surface area contributed by atoms with Gasteiger partial charge in [0.25, 0.3) is 0 Å². The molecule has 0 fully saturated rings. The molecule has 1 heterocycles. The first-order valence-corrected chi connectivity index (χ1v) is 12.5. The Hall–Kier alpha value is -4.59. The number of pyridine rings is 1. The van der Waals surface area contributed by atoms with E-state index in [-0.39, 0.29) is 18.0 Å². The van der Waals surface area contributed by atoms with Gasteiger partial charge in [0.15, 0.2) is 5.78 Å². The summed E-state index contributed by atoms with van der Waals surface area (Å²) in [5.41, 5.74) is 1.00. The molecule has 0 aliphatic carbocycles. The molecular formula is C30H30N2O6. The first-order valence-electron chi connectivity index (χ1n) is 12.5. The Balaban J connectivity index is 1.70. The van der Waals surface area contributed by atoms with E-state index >= 15 is 0 Å². The van der Waals surface area contributed by atoms with Crippen molar-refractivity contribution in [3.63, 3.8) is 0 Å². The number of ether oxygens (including phenoxy) is 3. The molecule has 38 heavy (non-hydrogen) atoms. The van der Waals surface area contributed by atoms with Crippen LogP contribution in [0.3, 0.4) is 0 Å². The van der Waals surface area contributed by atoms with Crippen molar-refractivity contribution in [2.45, 2.75) is 27.3 Å². The number of carbonyl (C=O) groups excluding carboxylic acids is 2.